The summed E-state index contributed by atoms with van der Waals surface area (Å²) in [6.07, 6.45) is 0.661. The van der Waals surface area contributed by atoms with Crippen LogP contribution in [0.25, 0.3) is 5.76 Å². The van der Waals surface area contributed by atoms with Gasteiger partial charge in [0.15, 0.2) is 11.5 Å². The molecule has 0 spiro atoms. The fourth-order valence-electron chi connectivity index (χ4n) is 4.37. The number of aryl methyl sites for hydroxylation is 2. The summed E-state index contributed by atoms with van der Waals surface area (Å²) in [6.45, 7) is 4.65. The lowest BCUT2D eigenvalue weighted by Gasteiger charge is -2.27. The highest BCUT2D eigenvalue weighted by Crippen LogP contribution is 2.45. The normalized spacial score (nSPS) is 17.8. The summed E-state index contributed by atoms with van der Waals surface area (Å²) in [5.74, 6) is -0.724. The second-order valence-electron chi connectivity index (χ2n) is 8.40. The molecule has 0 radical (unpaired) electrons. The number of hydrogen-bond donors (Lipinski definition) is 1. The van der Waals surface area contributed by atoms with Gasteiger partial charge in [-0.05, 0) is 47.0 Å². The van der Waals surface area contributed by atoms with E-state index in [9.17, 15) is 14.7 Å². The van der Waals surface area contributed by atoms with Crippen LogP contribution in [0.3, 0.4) is 0 Å². The van der Waals surface area contributed by atoms with E-state index in [1.165, 1.54) is 19.1 Å². The third-order valence-corrected chi connectivity index (χ3v) is 6.02. The van der Waals surface area contributed by atoms with Gasteiger partial charge in [0.05, 0.1) is 37.1 Å². The number of methoxy groups -OCH3 is 2. The number of Topliss-reactive ketones (excluding diaryl/α,β-unsaturated/α-hetero) is 1. The molecule has 1 saturated heterocycles. The van der Waals surface area contributed by atoms with Crippen LogP contribution < -0.4 is 9.47 Å². The molecule has 33 heavy (non-hydrogen) atoms. The molecule has 2 heterocycles. The van der Waals surface area contributed by atoms with Gasteiger partial charge in [-0.2, -0.15) is 5.10 Å². The summed E-state index contributed by atoms with van der Waals surface area (Å²) in [4.78, 5) is 30.0. The van der Waals surface area contributed by atoms with Crippen molar-refractivity contribution in [3.63, 3.8) is 0 Å². The van der Waals surface area contributed by atoms with Crippen molar-refractivity contribution in [3.05, 3.63) is 46.3 Å². The minimum Gasteiger partial charge on any atom is -0.507 e. The Bertz CT molecular complexity index is 1100. The van der Waals surface area contributed by atoms with E-state index < -0.39 is 17.7 Å². The van der Waals surface area contributed by atoms with Crippen LogP contribution in [0.2, 0.25) is 0 Å². The summed E-state index contributed by atoms with van der Waals surface area (Å²) in [5.41, 5.74) is 2.32. The number of aromatic nitrogens is 2. The van der Waals surface area contributed by atoms with Gasteiger partial charge in [-0.15, -0.1) is 0 Å². The first kappa shape index (κ1) is 24.3. The Morgan fingerprint density at radius 1 is 1.18 bits per heavy atom. The molecule has 9 heteroatoms. The molecule has 1 atom stereocenters. The predicted molar refractivity (Wildman–Crippen MR) is 124 cm³/mol. The molecule has 9 nitrogen and oxygen atoms in total. The third kappa shape index (κ3) is 4.32. The highest BCUT2D eigenvalue weighted by Gasteiger charge is 2.47. The molecule has 1 unspecified atom stereocenters. The van der Waals surface area contributed by atoms with E-state index in [4.69, 9.17) is 9.47 Å². The van der Waals surface area contributed by atoms with Crippen molar-refractivity contribution in [2.45, 2.75) is 26.3 Å². The monoisotopic (exact) mass is 456 g/mol. The second-order valence-corrected chi connectivity index (χ2v) is 8.40. The Morgan fingerprint density at radius 3 is 2.42 bits per heavy atom. The Hall–Kier alpha value is -3.33. The Morgan fingerprint density at radius 2 is 1.88 bits per heavy atom. The molecule has 1 amide bonds. The molecule has 1 aromatic heterocycles. The molecular formula is C24H32N4O5. The molecule has 1 fully saturated rings. The van der Waals surface area contributed by atoms with Crippen LogP contribution in [0.5, 0.6) is 11.5 Å². The standard InChI is InChI=1S/C24H32N4O5/c1-14-18(15(2)27(5)25-14)21(29)19-20(16-10-8-11-17(32-6)23(16)33-7)28(24(31)22(19)30)13-9-12-26(3)4/h8,10-11,20,29H,9,12-13H2,1-7H3/b21-19+. The number of aliphatic hydroxyl groups is 1. The summed E-state index contributed by atoms with van der Waals surface area (Å²) in [7, 11) is 8.70. The molecule has 1 aliphatic rings. The zero-order chi connectivity index (χ0) is 24.4. The Labute approximate surface area is 194 Å². The number of ketones is 1. The average Bonchev–Trinajstić information content (AvgIpc) is 3.18. The SMILES string of the molecule is COc1cccc(C2/C(=C(\O)c3c(C)nn(C)c3C)C(=O)C(=O)N2CCCN(C)C)c1OC. The number of rotatable bonds is 8. The first-order valence-electron chi connectivity index (χ1n) is 10.8. The highest BCUT2D eigenvalue weighted by atomic mass is 16.5. The van der Waals surface area contributed by atoms with E-state index in [-0.39, 0.29) is 11.3 Å². The van der Waals surface area contributed by atoms with Crippen molar-refractivity contribution in [1.29, 1.82) is 0 Å². The van der Waals surface area contributed by atoms with Crippen LogP contribution in [0, 0.1) is 13.8 Å². The molecule has 3 rings (SSSR count). The van der Waals surface area contributed by atoms with E-state index >= 15 is 0 Å². The average molecular weight is 457 g/mol. The maximum atomic E-state index is 13.3. The van der Waals surface area contributed by atoms with Crippen molar-refractivity contribution < 1.29 is 24.2 Å². The molecule has 178 valence electrons. The number of amides is 1. The Balaban J connectivity index is 2.25. The zero-order valence-electron chi connectivity index (χ0n) is 20.3. The van der Waals surface area contributed by atoms with Crippen molar-refractivity contribution >= 4 is 17.4 Å². The largest absolute Gasteiger partial charge is 0.507 e. The second kappa shape index (κ2) is 9.66. The Kier molecular flexibility index (Phi) is 7.12. The van der Waals surface area contributed by atoms with Gasteiger partial charge in [-0.25, -0.2) is 0 Å². The number of hydrogen-bond acceptors (Lipinski definition) is 7. The van der Waals surface area contributed by atoms with Crippen LogP contribution in [-0.4, -0.2) is 77.8 Å². The van der Waals surface area contributed by atoms with Crippen molar-refractivity contribution in [2.24, 2.45) is 7.05 Å². The van der Waals surface area contributed by atoms with Gasteiger partial charge in [0, 0.05) is 24.8 Å². The van der Waals surface area contributed by atoms with Gasteiger partial charge in [0.25, 0.3) is 11.7 Å². The van der Waals surface area contributed by atoms with Gasteiger partial charge in [-0.1, -0.05) is 12.1 Å². The van der Waals surface area contributed by atoms with Gasteiger partial charge in [0.2, 0.25) is 0 Å². The van der Waals surface area contributed by atoms with E-state index in [2.05, 4.69) is 5.10 Å². The molecule has 0 saturated carbocycles. The van der Waals surface area contributed by atoms with Crippen molar-refractivity contribution in [3.8, 4) is 11.5 Å². The number of ether oxygens (including phenoxy) is 2. The summed E-state index contributed by atoms with van der Waals surface area (Å²) in [6, 6.07) is 4.48. The van der Waals surface area contributed by atoms with E-state index in [0.29, 0.717) is 47.0 Å². The quantitative estimate of drug-likeness (QED) is 0.370. The van der Waals surface area contributed by atoms with Gasteiger partial charge in [-0.3, -0.25) is 14.3 Å². The molecule has 2 aromatic rings. The van der Waals surface area contributed by atoms with E-state index in [1.807, 2.05) is 25.9 Å². The maximum Gasteiger partial charge on any atom is 0.295 e. The van der Waals surface area contributed by atoms with Gasteiger partial charge in [0.1, 0.15) is 5.76 Å². The molecule has 1 N–H and O–H groups in total. The molecule has 0 bridgehead atoms. The summed E-state index contributed by atoms with van der Waals surface area (Å²) in [5, 5.41) is 15.7. The zero-order valence-corrected chi connectivity index (χ0v) is 20.3. The smallest absolute Gasteiger partial charge is 0.295 e. The number of para-hydroxylation sites is 1. The first-order chi connectivity index (χ1) is 15.6. The number of carbonyl (C=O) groups excluding carboxylic acids is 2. The molecule has 0 aliphatic carbocycles. The summed E-state index contributed by atoms with van der Waals surface area (Å²) >= 11 is 0. The lowest BCUT2D eigenvalue weighted by Crippen LogP contribution is -2.32. The van der Waals surface area contributed by atoms with Crippen molar-refractivity contribution in [1.82, 2.24) is 19.6 Å². The molecule has 1 aromatic carbocycles. The van der Waals surface area contributed by atoms with Crippen molar-refractivity contribution in [2.75, 3.05) is 41.4 Å². The number of benzene rings is 1. The minimum atomic E-state index is -0.823. The maximum absolute atomic E-state index is 13.3. The van der Waals surface area contributed by atoms with Crippen LogP contribution >= 0.6 is 0 Å². The van der Waals surface area contributed by atoms with Crippen LogP contribution in [-0.2, 0) is 16.6 Å². The fraction of sp³-hybridized carbons (Fsp3) is 0.458. The summed E-state index contributed by atoms with van der Waals surface area (Å²) < 4.78 is 12.7. The first-order valence-corrected chi connectivity index (χ1v) is 10.8. The van der Waals surface area contributed by atoms with Crippen LogP contribution in [0.15, 0.2) is 23.8 Å². The van der Waals surface area contributed by atoms with E-state index in [1.54, 1.807) is 36.9 Å². The highest BCUT2D eigenvalue weighted by molar-refractivity contribution is 6.46. The number of likely N-dealkylation sites (tertiary alicyclic amines) is 1. The predicted octanol–water partition coefficient (Wildman–Crippen LogP) is 2.43. The van der Waals surface area contributed by atoms with Gasteiger partial charge < -0.3 is 24.4 Å². The molecule has 1 aliphatic heterocycles. The number of aliphatic hydroxyl groups excluding tert-OH is 1. The topological polar surface area (TPSA) is 97.1 Å². The third-order valence-electron chi connectivity index (χ3n) is 6.02. The molecular weight excluding hydrogens is 424 g/mol. The van der Waals surface area contributed by atoms with Crippen LogP contribution in [0.1, 0.15) is 35.0 Å². The number of carbonyl (C=O) groups is 2. The van der Waals surface area contributed by atoms with Gasteiger partial charge >= 0.3 is 0 Å². The lowest BCUT2D eigenvalue weighted by atomic mass is 9.93. The van der Waals surface area contributed by atoms with E-state index in [0.717, 1.165) is 6.54 Å². The van der Waals surface area contributed by atoms with Crippen LogP contribution in [0.4, 0.5) is 0 Å². The lowest BCUT2D eigenvalue weighted by molar-refractivity contribution is -0.140. The number of nitrogens with zero attached hydrogens (tertiary/aromatic N) is 4. The minimum absolute atomic E-state index is 0.0237. The fourth-order valence-corrected chi connectivity index (χ4v) is 4.37.